The molecule has 0 aromatic carbocycles. The number of pyridine rings is 2. The summed E-state index contributed by atoms with van der Waals surface area (Å²) in [5.74, 6) is -0.0103. The number of aromatic nitrogens is 4. The fraction of sp³-hybridized carbons (Fsp3) is 0.0769. The van der Waals surface area contributed by atoms with E-state index in [1.807, 2.05) is 12.1 Å². The molecule has 3 aromatic rings. The molecule has 20 heavy (non-hydrogen) atoms. The summed E-state index contributed by atoms with van der Waals surface area (Å²) in [6, 6.07) is 6.99. The highest BCUT2D eigenvalue weighted by molar-refractivity contribution is 6.03. The zero-order valence-electron chi connectivity index (χ0n) is 10.7. The van der Waals surface area contributed by atoms with Crippen molar-refractivity contribution in [3.8, 4) is 0 Å². The number of nitrogens with one attached hydrogen (secondary N) is 2. The standard InChI is InChI=1S/C13H12N6O/c1-14-10-3-2-8-19-11(10)16-13(18-19)17-12(20)9-4-6-15-7-5-9/h2-8,14H,1H3,(H,17,18,20). The van der Waals surface area contributed by atoms with Gasteiger partial charge in [0.05, 0.1) is 5.69 Å². The van der Waals surface area contributed by atoms with Crippen LogP contribution in [0.4, 0.5) is 11.6 Å². The van der Waals surface area contributed by atoms with E-state index < -0.39 is 0 Å². The summed E-state index contributed by atoms with van der Waals surface area (Å²) in [6.07, 6.45) is 4.89. The molecule has 0 aliphatic carbocycles. The predicted molar refractivity (Wildman–Crippen MR) is 74.7 cm³/mol. The topological polar surface area (TPSA) is 84.2 Å². The van der Waals surface area contributed by atoms with E-state index in [9.17, 15) is 4.79 Å². The van der Waals surface area contributed by atoms with Crippen LogP contribution in [0.15, 0.2) is 42.9 Å². The third-order valence-electron chi connectivity index (χ3n) is 2.80. The first-order chi connectivity index (χ1) is 9.78. The SMILES string of the molecule is CNc1cccn2nc(NC(=O)c3ccncc3)nc12. The van der Waals surface area contributed by atoms with E-state index in [1.165, 1.54) is 0 Å². The van der Waals surface area contributed by atoms with Crippen molar-refractivity contribution >= 4 is 23.2 Å². The molecule has 3 heterocycles. The summed E-state index contributed by atoms with van der Waals surface area (Å²) in [6.45, 7) is 0. The second-order valence-corrected chi connectivity index (χ2v) is 4.07. The molecule has 0 saturated carbocycles. The smallest absolute Gasteiger partial charge is 0.258 e. The van der Waals surface area contributed by atoms with Crippen LogP contribution in [0, 0.1) is 0 Å². The predicted octanol–water partition coefficient (Wildman–Crippen LogP) is 1.42. The molecule has 3 rings (SSSR count). The van der Waals surface area contributed by atoms with Gasteiger partial charge in [-0.25, -0.2) is 4.52 Å². The van der Waals surface area contributed by atoms with Crippen molar-refractivity contribution in [1.82, 2.24) is 19.6 Å². The van der Waals surface area contributed by atoms with Gasteiger partial charge in [-0.2, -0.15) is 4.98 Å². The van der Waals surface area contributed by atoms with Gasteiger partial charge in [0.1, 0.15) is 0 Å². The van der Waals surface area contributed by atoms with E-state index in [2.05, 4.69) is 25.7 Å². The average molecular weight is 268 g/mol. The Labute approximate surface area is 114 Å². The molecular weight excluding hydrogens is 256 g/mol. The molecule has 0 fully saturated rings. The Morgan fingerprint density at radius 1 is 1.25 bits per heavy atom. The average Bonchev–Trinajstić information content (AvgIpc) is 2.90. The molecule has 2 N–H and O–H groups in total. The van der Waals surface area contributed by atoms with E-state index in [1.54, 1.807) is 42.3 Å². The second-order valence-electron chi connectivity index (χ2n) is 4.07. The second kappa shape index (κ2) is 4.96. The lowest BCUT2D eigenvalue weighted by Crippen LogP contribution is -2.13. The molecule has 1 amide bonds. The number of rotatable bonds is 3. The van der Waals surface area contributed by atoms with Crippen molar-refractivity contribution in [2.45, 2.75) is 0 Å². The van der Waals surface area contributed by atoms with Gasteiger partial charge in [-0.15, -0.1) is 5.10 Å². The molecule has 0 saturated heterocycles. The normalized spacial score (nSPS) is 10.4. The maximum Gasteiger partial charge on any atom is 0.258 e. The number of hydrogen-bond donors (Lipinski definition) is 2. The van der Waals surface area contributed by atoms with Gasteiger partial charge < -0.3 is 5.32 Å². The third-order valence-corrected chi connectivity index (χ3v) is 2.80. The number of hydrogen-bond acceptors (Lipinski definition) is 5. The third kappa shape index (κ3) is 2.16. The number of carbonyl (C=O) groups excluding carboxylic acids is 1. The molecule has 3 aromatic heterocycles. The Morgan fingerprint density at radius 3 is 2.80 bits per heavy atom. The summed E-state index contributed by atoms with van der Waals surface area (Å²) in [5.41, 5.74) is 2.00. The first kappa shape index (κ1) is 12.1. The Bertz CT molecular complexity index is 752. The van der Waals surface area contributed by atoms with E-state index in [4.69, 9.17) is 0 Å². The van der Waals surface area contributed by atoms with Gasteiger partial charge in [-0.3, -0.25) is 15.1 Å². The molecule has 0 spiro atoms. The molecule has 0 aliphatic rings. The van der Waals surface area contributed by atoms with Crippen LogP contribution < -0.4 is 10.6 Å². The van der Waals surface area contributed by atoms with Gasteiger partial charge in [0.15, 0.2) is 5.65 Å². The van der Waals surface area contributed by atoms with Crippen molar-refractivity contribution in [2.24, 2.45) is 0 Å². The minimum absolute atomic E-state index is 0.259. The molecule has 7 nitrogen and oxygen atoms in total. The van der Waals surface area contributed by atoms with Crippen LogP contribution in [-0.2, 0) is 0 Å². The summed E-state index contributed by atoms with van der Waals surface area (Å²) in [5, 5.41) is 9.89. The highest BCUT2D eigenvalue weighted by Gasteiger charge is 2.11. The number of anilines is 2. The van der Waals surface area contributed by atoms with Crippen molar-refractivity contribution < 1.29 is 4.79 Å². The van der Waals surface area contributed by atoms with Crippen LogP contribution >= 0.6 is 0 Å². The quantitative estimate of drug-likeness (QED) is 0.750. The summed E-state index contributed by atoms with van der Waals surface area (Å²) < 4.78 is 1.61. The van der Waals surface area contributed by atoms with Crippen molar-refractivity contribution in [3.05, 3.63) is 48.4 Å². The first-order valence-corrected chi connectivity index (χ1v) is 6.02. The van der Waals surface area contributed by atoms with Gasteiger partial charge in [0.25, 0.3) is 5.91 Å². The van der Waals surface area contributed by atoms with E-state index in [-0.39, 0.29) is 11.9 Å². The zero-order chi connectivity index (χ0) is 13.9. The molecular formula is C13H12N6O. The van der Waals surface area contributed by atoms with Gasteiger partial charge in [-0.05, 0) is 24.3 Å². The Morgan fingerprint density at radius 2 is 2.05 bits per heavy atom. The van der Waals surface area contributed by atoms with Crippen LogP contribution in [0.2, 0.25) is 0 Å². The lowest BCUT2D eigenvalue weighted by Gasteiger charge is -1.99. The number of nitrogens with zero attached hydrogens (tertiary/aromatic N) is 4. The van der Waals surface area contributed by atoms with Crippen LogP contribution in [0.3, 0.4) is 0 Å². The van der Waals surface area contributed by atoms with Crippen molar-refractivity contribution in [1.29, 1.82) is 0 Å². The highest BCUT2D eigenvalue weighted by atomic mass is 16.1. The van der Waals surface area contributed by atoms with Crippen LogP contribution in [0.25, 0.3) is 5.65 Å². The molecule has 100 valence electrons. The minimum atomic E-state index is -0.269. The molecule has 0 bridgehead atoms. The van der Waals surface area contributed by atoms with Gasteiger partial charge in [0.2, 0.25) is 5.95 Å². The van der Waals surface area contributed by atoms with E-state index in [0.29, 0.717) is 11.2 Å². The Hall–Kier alpha value is -2.96. The number of fused-ring (bicyclic) bond motifs is 1. The number of carbonyl (C=O) groups is 1. The molecule has 0 aliphatic heterocycles. The Kier molecular flexibility index (Phi) is 3.00. The molecule has 0 atom stereocenters. The molecule has 7 heteroatoms. The van der Waals surface area contributed by atoms with Crippen molar-refractivity contribution in [2.75, 3.05) is 17.7 Å². The monoisotopic (exact) mass is 268 g/mol. The highest BCUT2D eigenvalue weighted by Crippen LogP contribution is 2.15. The fourth-order valence-electron chi connectivity index (χ4n) is 1.83. The van der Waals surface area contributed by atoms with Gasteiger partial charge in [-0.1, -0.05) is 0 Å². The van der Waals surface area contributed by atoms with Crippen LogP contribution in [0.1, 0.15) is 10.4 Å². The van der Waals surface area contributed by atoms with Gasteiger partial charge in [0, 0.05) is 31.2 Å². The summed E-state index contributed by atoms with van der Waals surface area (Å²) in [4.78, 5) is 20.2. The lowest BCUT2D eigenvalue weighted by molar-refractivity contribution is 0.102. The van der Waals surface area contributed by atoms with E-state index in [0.717, 1.165) is 5.69 Å². The fourth-order valence-corrected chi connectivity index (χ4v) is 1.83. The van der Waals surface area contributed by atoms with Crippen LogP contribution in [-0.4, -0.2) is 32.5 Å². The van der Waals surface area contributed by atoms with Gasteiger partial charge >= 0.3 is 0 Å². The minimum Gasteiger partial charge on any atom is -0.385 e. The zero-order valence-corrected chi connectivity index (χ0v) is 10.7. The van der Waals surface area contributed by atoms with Crippen molar-refractivity contribution in [3.63, 3.8) is 0 Å². The maximum atomic E-state index is 12.0. The maximum absolute atomic E-state index is 12.0. The summed E-state index contributed by atoms with van der Waals surface area (Å²) in [7, 11) is 1.80. The first-order valence-electron chi connectivity index (χ1n) is 6.02. The molecule has 0 unspecified atom stereocenters. The summed E-state index contributed by atoms with van der Waals surface area (Å²) >= 11 is 0. The lowest BCUT2D eigenvalue weighted by atomic mass is 10.2. The largest absolute Gasteiger partial charge is 0.385 e. The Balaban J connectivity index is 1.90. The molecule has 0 radical (unpaired) electrons. The number of amides is 1. The van der Waals surface area contributed by atoms with E-state index >= 15 is 0 Å². The van der Waals surface area contributed by atoms with Crippen LogP contribution in [0.5, 0.6) is 0 Å².